The molecular formula is C39H90BN3O3. The van der Waals surface area contributed by atoms with E-state index in [0.717, 1.165) is 13.4 Å². The molecule has 0 heterocycles. The van der Waals surface area contributed by atoms with Gasteiger partial charge in [0.2, 0.25) is 0 Å². The smallest absolute Gasteiger partial charge is 0.0780 e. The lowest BCUT2D eigenvalue weighted by Gasteiger charge is -2.35. The summed E-state index contributed by atoms with van der Waals surface area (Å²) in [6, 6.07) is 0. The van der Waals surface area contributed by atoms with Gasteiger partial charge in [-0.1, -0.05) is 136 Å². The van der Waals surface area contributed by atoms with Crippen LogP contribution in [0.1, 0.15) is 175 Å². The summed E-state index contributed by atoms with van der Waals surface area (Å²) in [6.45, 7) is 10.8. The first kappa shape index (κ1) is 52.6. The van der Waals surface area contributed by atoms with Crippen molar-refractivity contribution in [2.24, 2.45) is 0 Å². The molecule has 0 spiro atoms. The molecule has 0 unspecified atom stereocenters. The summed E-state index contributed by atoms with van der Waals surface area (Å²) < 4.78 is 3.36. The van der Waals surface area contributed by atoms with E-state index >= 15 is 0 Å². The molecule has 0 saturated carbocycles. The Morgan fingerprint density at radius 2 is 0.413 bits per heavy atom. The minimum atomic E-state index is -2.92. The highest BCUT2D eigenvalue weighted by molar-refractivity contribution is 6.24. The molecule has 0 aliphatic heterocycles. The Bertz CT molecular complexity index is 470. The third-order valence-corrected chi connectivity index (χ3v) is 8.05. The van der Waals surface area contributed by atoms with Crippen molar-refractivity contribution in [3.05, 3.63) is 0 Å². The van der Waals surface area contributed by atoms with Crippen molar-refractivity contribution in [3.8, 4) is 0 Å². The molecular weight excluding hydrogens is 569 g/mol. The summed E-state index contributed by atoms with van der Waals surface area (Å²) in [7, 11) is 17.6. The van der Waals surface area contributed by atoms with Gasteiger partial charge in [-0.25, -0.2) is 0 Å². The van der Waals surface area contributed by atoms with E-state index in [4.69, 9.17) is 15.1 Å². The number of rotatable bonds is 27. The maximum absolute atomic E-state index is 8.42. The fourth-order valence-corrected chi connectivity index (χ4v) is 5.16. The Hall–Kier alpha value is -0.175. The highest BCUT2D eigenvalue weighted by Gasteiger charge is 2.06. The summed E-state index contributed by atoms with van der Waals surface area (Å²) >= 11 is 0. The fourth-order valence-electron chi connectivity index (χ4n) is 5.16. The van der Waals surface area contributed by atoms with E-state index in [2.05, 4.69) is 84.2 Å². The van der Waals surface area contributed by atoms with Crippen LogP contribution in [-0.2, 0) is 0 Å². The predicted octanol–water partition coefficient (Wildman–Crippen LogP) is 7.55. The van der Waals surface area contributed by atoms with Gasteiger partial charge in [0, 0.05) is 0 Å². The minimum Gasteiger partial charge on any atom is -0.907 e. The number of quaternary nitrogens is 3. The van der Waals surface area contributed by atoms with E-state index < -0.39 is 7.32 Å². The molecule has 0 aromatic heterocycles. The van der Waals surface area contributed by atoms with Gasteiger partial charge in [-0.3, -0.25) is 7.32 Å². The van der Waals surface area contributed by atoms with E-state index in [9.17, 15) is 0 Å². The first-order valence-electron chi connectivity index (χ1n) is 19.8. The molecule has 0 aromatic carbocycles. The van der Waals surface area contributed by atoms with Gasteiger partial charge in [-0.15, -0.1) is 0 Å². The molecule has 0 bridgehead atoms. The molecule has 282 valence electrons. The van der Waals surface area contributed by atoms with Crippen LogP contribution in [0.3, 0.4) is 0 Å². The van der Waals surface area contributed by atoms with E-state index in [1.807, 2.05) is 0 Å². The predicted molar refractivity (Wildman–Crippen MR) is 202 cm³/mol. The number of hydrogen-bond acceptors (Lipinski definition) is 3. The number of nitrogens with zero attached hydrogens (tertiary/aromatic N) is 3. The van der Waals surface area contributed by atoms with Crippen molar-refractivity contribution < 1.29 is 28.5 Å². The fraction of sp³-hybridized carbons (Fsp3) is 1.00. The quantitative estimate of drug-likeness (QED) is 0.0520. The number of hydrogen-bond donors (Lipinski definition) is 0. The largest absolute Gasteiger partial charge is 0.907 e. The molecule has 0 amide bonds. The highest BCUT2D eigenvalue weighted by Crippen LogP contribution is 2.11. The molecule has 0 aromatic rings. The third-order valence-electron chi connectivity index (χ3n) is 8.05. The Labute approximate surface area is 293 Å². The SMILES string of the molecule is CCCCCCCCCC[N+](C)(C)C.CCCCCCCCCC[N+](C)(C)C.CCCCCCCCCC[N+](C)(C)C.[O-]B([O-])[O-]. The lowest BCUT2D eigenvalue weighted by molar-refractivity contribution is -0.870. The van der Waals surface area contributed by atoms with Crippen LogP contribution < -0.4 is 15.1 Å². The minimum absolute atomic E-state index is 1.12. The average molecular weight is 660 g/mol. The second kappa shape index (κ2) is 37.6. The Balaban J connectivity index is -0.000000271. The van der Waals surface area contributed by atoms with Gasteiger partial charge < -0.3 is 28.5 Å². The van der Waals surface area contributed by atoms with Crippen LogP contribution in [0.25, 0.3) is 0 Å². The molecule has 0 N–H and O–H groups in total. The summed E-state index contributed by atoms with van der Waals surface area (Å²) in [6.07, 6.45) is 34.3. The molecule has 0 radical (unpaired) electrons. The topological polar surface area (TPSA) is 69.2 Å². The first-order chi connectivity index (χ1) is 21.4. The van der Waals surface area contributed by atoms with Crippen molar-refractivity contribution in [3.63, 3.8) is 0 Å². The second-order valence-electron chi connectivity index (χ2n) is 16.8. The zero-order valence-electron chi connectivity index (χ0n) is 34.2. The summed E-state index contributed by atoms with van der Waals surface area (Å²) in [5.74, 6) is 0. The van der Waals surface area contributed by atoms with Crippen molar-refractivity contribution >= 4 is 7.32 Å². The van der Waals surface area contributed by atoms with Gasteiger partial charge >= 0.3 is 0 Å². The molecule has 0 fully saturated rings. The van der Waals surface area contributed by atoms with Gasteiger partial charge in [0.05, 0.1) is 83.1 Å². The monoisotopic (exact) mass is 660 g/mol. The zero-order valence-corrected chi connectivity index (χ0v) is 34.2. The molecule has 0 aliphatic carbocycles. The van der Waals surface area contributed by atoms with Gasteiger partial charge in [-0.05, 0) is 38.5 Å². The van der Waals surface area contributed by atoms with Gasteiger partial charge in [0.15, 0.2) is 0 Å². The van der Waals surface area contributed by atoms with E-state index in [-0.39, 0.29) is 0 Å². The van der Waals surface area contributed by atoms with Crippen LogP contribution >= 0.6 is 0 Å². The van der Waals surface area contributed by atoms with Crippen LogP contribution in [0.15, 0.2) is 0 Å². The molecule has 7 heteroatoms. The lowest BCUT2D eigenvalue weighted by Crippen LogP contribution is -2.56. The first-order valence-corrected chi connectivity index (χ1v) is 19.8. The standard InChI is InChI=1S/3C13H30N.BO3/c3*1-5-6-7-8-9-10-11-12-13-14(2,3)4;2-1(3)4/h3*5-13H2,1-4H3;/q3*+1;-3. The maximum Gasteiger partial charge on any atom is 0.0780 e. The Morgan fingerprint density at radius 1 is 0.283 bits per heavy atom. The summed E-state index contributed by atoms with van der Waals surface area (Å²) in [5, 5.41) is 25.2. The second-order valence-corrected chi connectivity index (χ2v) is 16.8. The van der Waals surface area contributed by atoms with Crippen molar-refractivity contribution in [1.82, 2.24) is 0 Å². The zero-order chi connectivity index (χ0) is 36.2. The molecule has 0 rings (SSSR count). The van der Waals surface area contributed by atoms with Gasteiger partial charge in [-0.2, -0.15) is 0 Å². The Kier molecular flexibility index (Phi) is 43.1. The van der Waals surface area contributed by atoms with Crippen LogP contribution in [-0.4, -0.2) is 104 Å². The van der Waals surface area contributed by atoms with Gasteiger partial charge in [0.1, 0.15) is 0 Å². The summed E-state index contributed by atoms with van der Waals surface area (Å²) in [4.78, 5) is 0. The lowest BCUT2D eigenvalue weighted by atomic mass is 10.1. The van der Waals surface area contributed by atoms with Crippen LogP contribution in [0.5, 0.6) is 0 Å². The molecule has 6 nitrogen and oxygen atoms in total. The Morgan fingerprint density at radius 3 is 0.543 bits per heavy atom. The van der Waals surface area contributed by atoms with E-state index in [1.165, 1.54) is 174 Å². The van der Waals surface area contributed by atoms with Crippen LogP contribution in [0.4, 0.5) is 0 Å². The molecule has 0 saturated heterocycles. The van der Waals surface area contributed by atoms with Crippen molar-refractivity contribution in [2.45, 2.75) is 175 Å². The van der Waals surface area contributed by atoms with Crippen LogP contribution in [0.2, 0.25) is 0 Å². The van der Waals surface area contributed by atoms with Crippen LogP contribution in [0, 0.1) is 0 Å². The molecule has 46 heavy (non-hydrogen) atoms. The highest BCUT2D eigenvalue weighted by atomic mass is 16.5. The van der Waals surface area contributed by atoms with Crippen molar-refractivity contribution in [2.75, 3.05) is 83.1 Å². The average Bonchev–Trinajstić information content (AvgIpc) is 2.92. The van der Waals surface area contributed by atoms with Crippen molar-refractivity contribution in [1.29, 1.82) is 0 Å². The van der Waals surface area contributed by atoms with E-state index in [1.54, 1.807) is 0 Å². The normalized spacial score (nSPS) is 11.5. The van der Waals surface area contributed by atoms with Gasteiger partial charge in [0.25, 0.3) is 0 Å². The molecule has 0 aliphatic rings. The van der Waals surface area contributed by atoms with E-state index in [0.29, 0.717) is 0 Å². The third kappa shape index (κ3) is 74.6. The number of unbranched alkanes of at least 4 members (excludes halogenated alkanes) is 21. The molecule has 0 atom stereocenters. The summed E-state index contributed by atoms with van der Waals surface area (Å²) in [5.41, 5.74) is 0. The maximum atomic E-state index is 8.42.